The molecule has 0 spiro atoms. The Bertz CT molecular complexity index is 549. The third-order valence-electron chi connectivity index (χ3n) is 1.48. The highest BCUT2D eigenvalue weighted by molar-refractivity contribution is 5.89. The van der Waals surface area contributed by atoms with Crippen LogP contribution in [-0.4, -0.2) is 20.4 Å². The van der Waals surface area contributed by atoms with Gasteiger partial charge in [0.2, 0.25) is 0 Å². The van der Waals surface area contributed by atoms with Crippen LogP contribution < -0.4 is 17.1 Å². The van der Waals surface area contributed by atoms with Crippen LogP contribution >= 0.6 is 0 Å². The summed E-state index contributed by atoms with van der Waals surface area (Å²) in [5, 5.41) is 0. The van der Waals surface area contributed by atoms with Crippen LogP contribution in [0.1, 0.15) is 18.6 Å². The lowest BCUT2D eigenvalue weighted by Gasteiger charge is -1.97. The van der Waals surface area contributed by atoms with Crippen molar-refractivity contribution in [3.05, 3.63) is 43.1 Å². The van der Waals surface area contributed by atoms with Crippen LogP contribution in [0.5, 0.6) is 0 Å². The van der Waals surface area contributed by atoms with Crippen molar-refractivity contribution >= 4 is 5.91 Å². The van der Waals surface area contributed by atoms with E-state index in [1.165, 1.54) is 0 Å². The highest BCUT2D eigenvalue weighted by Gasteiger charge is 2.08. The van der Waals surface area contributed by atoms with Crippen LogP contribution in [0, 0.1) is 0 Å². The van der Waals surface area contributed by atoms with E-state index in [0.717, 1.165) is 6.08 Å². The minimum Gasteiger partial charge on any atom is -0.269 e. The molecule has 1 rings (SSSR count). The molecule has 0 aromatic carbocycles. The van der Waals surface area contributed by atoms with Gasteiger partial charge in [-0.2, -0.15) is 4.57 Å². The van der Waals surface area contributed by atoms with Gasteiger partial charge in [-0.15, -0.1) is 0 Å². The molecule has 1 aromatic rings. The average molecular weight is 211 g/mol. The third kappa shape index (κ3) is 2.39. The first kappa shape index (κ1) is 10.9. The van der Waals surface area contributed by atoms with Gasteiger partial charge in [0.15, 0.2) is 0 Å². The maximum atomic E-state index is 11.4. The molecule has 7 nitrogen and oxygen atoms in total. The van der Waals surface area contributed by atoms with Crippen LogP contribution in [0.25, 0.3) is 0 Å². The van der Waals surface area contributed by atoms with Crippen LogP contribution in [0.15, 0.2) is 26.0 Å². The summed E-state index contributed by atoms with van der Waals surface area (Å²) >= 11 is 0. The van der Waals surface area contributed by atoms with E-state index < -0.39 is 23.0 Å². The lowest BCUT2D eigenvalue weighted by molar-refractivity contribution is 0.0956. The number of hydrogen-bond donors (Lipinski definition) is 2. The summed E-state index contributed by atoms with van der Waals surface area (Å²) in [4.78, 5) is 47.8. The Labute approximate surface area is 83.1 Å². The van der Waals surface area contributed by atoms with Crippen LogP contribution in [0.4, 0.5) is 0 Å². The lowest BCUT2D eigenvalue weighted by Crippen LogP contribution is -2.45. The number of carbonyl (C=O) groups is 1. The number of allylic oxidation sites excluding steroid dienone is 2. The maximum absolute atomic E-state index is 11.4. The summed E-state index contributed by atoms with van der Waals surface area (Å²) in [6, 6.07) is 0. The predicted octanol–water partition coefficient (Wildman–Crippen LogP) is -1.17. The van der Waals surface area contributed by atoms with Gasteiger partial charge in [0.05, 0.1) is 0 Å². The van der Waals surface area contributed by atoms with Crippen molar-refractivity contribution in [2.24, 2.45) is 0 Å². The Morgan fingerprint density at radius 1 is 1.13 bits per heavy atom. The van der Waals surface area contributed by atoms with E-state index in [1.54, 1.807) is 23.8 Å². The van der Waals surface area contributed by atoms with E-state index in [0.29, 0.717) is 10.1 Å². The van der Waals surface area contributed by atoms with Gasteiger partial charge in [-0.25, -0.2) is 14.4 Å². The Morgan fingerprint density at radius 2 is 1.60 bits per heavy atom. The molecule has 1 heterocycles. The first-order valence-corrected chi connectivity index (χ1v) is 4.06. The first-order chi connectivity index (χ1) is 6.91. The van der Waals surface area contributed by atoms with Crippen molar-refractivity contribution in [3.63, 3.8) is 0 Å². The summed E-state index contributed by atoms with van der Waals surface area (Å²) < 4.78 is 0.314. The molecule has 0 saturated heterocycles. The van der Waals surface area contributed by atoms with Gasteiger partial charge in [-0.1, -0.05) is 5.57 Å². The quantitative estimate of drug-likeness (QED) is 0.571. The van der Waals surface area contributed by atoms with Gasteiger partial charge >= 0.3 is 17.1 Å². The van der Waals surface area contributed by atoms with Crippen molar-refractivity contribution in [2.45, 2.75) is 13.8 Å². The number of aromatic nitrogens is 3. The Kier molecular flexibility index (Phi) is 2.84. The summed E-state index contributed by atoms with van der Waals surface area (Å²) in [6.07, 6.45) is 1.12. The van der Waals surface area contributed by atoms with Crippen molar-refractivity contribution in [1.82, 2.24) is 14.5 Å². The molecule has 0 fully saturated rings. The molecule has 0 aliphatic heterocycles. The summed E-state index contributed by atoms with van der Waals surface area (Å²) in [5.74, 6) is -0.794. The average Bonchev–Trinajstić information content (AvgIpc) is 1.99. The molecule has 0 atom stereocenters. The van der Waals surface area contributed by atoms with Gasteiger partial charge in [-0.3, -0.25) is 14.8 Å². The number of nitrogens with zero attached hydrogens (tertiary/aromatic N) is 1. The highest BCUT2D eigenvalue weighted by atomic mass is 16.2. The molecule has 0 amide bonds. The Balaban J connectivity index is 3.47. The molecule has 0 saturated carbocycles. The van der Waals surface area contributed by atoms with E-state index in [-0.39, 0.29) is 0 Å². The lowest BCUT2D eigenvalue weighted by atomic mass is 10.3. The number of carbonyl (C=O) groups excluding carboxylic acids is 1. The zero-order chi connectivity index (χ0) is 11.6. The molecule has 0 bridgehead atoms. The van der Waals surface area contributed by atoms with E-state index in [9.17, 15) is 19.2 Å². The molecular formula is C8H9N3O4. The number of nitrogens with one attached hydrogen (secondary N) is 2. The summed E-state index contributed by atoms with van der Waals surface area (Å²) in [6.45, 7) is 3.28. The van der Waals surface area contributed by atoms with E-state index >= 15 is 0 Å². The molecule has 1 aromatic heterocycles. The van der Waals surface area contributed by atoms with Crippen LogP contribution in [-0.2, 0) is 0 Å². The SMILES string of the molecule is CC(C)=CC(=O)n1c(=O)[nH]c(=O)[nH]c1=O. The molecule has 0 unspecified atom stereocenters. The number of H-pyrrole nitrogens is 2. The van der Waals surface area contributed by atoms with Crippen molar-refractivity contribution < 1.29 is 4.79 Å². The van der Waals surface area contributed by atoms with Gasteiger partial charge < -0.3 is 0 Å². The predicted molar refractivity (Wildman–Crippen MR) is 52.0 cm³/mol. The molecule has 7 heteroatoms. The molecule has 15 heavy (non-hydrogen) atoms. The minimum atomic E-state index is -1.05. The second-order valence-electron chi connectivity index (χ2n) is 3.08. The molecule has 0 aliphatic carbocycles. The topological polar surface area (TPSA) is 105 Å². The molecule has 2 N–H and O–H groups in total. The standard InChI is InChI=1S/C8H9N3O4/c1-4(2)3-5(12)11-7(14)9-6(13)10-8(11)15/h3H,1-2H3,(H2,9,10,13,14,15). The van der Waals surface area contributed by atoms with Crippen molar-refractivity contribution in [2.75, 3.05) is 0 Å². The maximum Gasteiger partial charge on any atom is 0.340 e. The normalized spacial score (nSPS) is 9.73. The first-order valence-electron chi connectivity index (χ1n) is 4.06. The molecule has 80 valence electrons. The second kappa shape index (κ2) is 3.91. The molecule has 0 aliphatic rings. The third-order valence-corrected chi connectivity index (χ3v) is 1.48. The van der Waals surface area contributed by atoms with Gasteiger partial charge in [0.25, 0.3) is 5.91 Å². The highest BCUT2D eigenvalue weighted by Crippen LogP contribution is 1.88. The number of rotatable bonds is 1. The van der Waals surface area contributed by atoms with E-state index in [4.69, 9.17) is 0 Å². The minimum absolute atomic E-state index is 0.314. The van der Waals surface area contributed by atoms with E-state index in [2.05, 4.69) is 0 Å². The zero-order valence-corrected chi connectivity index (χ0v) is 8.16. The van der Waals surface area contributed by atoms with E-state index in [1.807, 2.05) is 0 Å². The zero-order valence-electron chi connectivity index (χ0n) is 8.16. The smallest absolute Gasteiger partial charge is 0.269 e. The fourth-order valence-electron chi connectivity index (χ4n) is 0.941. The van der Waals surface area contributed by atoms with Crippen molar-refractivity contribution in [3.8, 4) is 0 Å². The van der Waals surface area contributed by atoms with Crippen LogP contribution in [0.2, 0.25) is 0 Å². The largest absolute Gasteiger partial charge is 0.340 e. The molecular weight excluding hydrogens is 202 g/mol. The van der Waals surface area contributed by atoms with Crippen molar-refractivity contribution in [1.29, 1.82) is 0 Å². The van der Waals surface area contributed by atoms with Crippen LogP contribution in [0.3, 0.4) is 0 Å². The van der Waals surface area contributed by atoms with Gasteiger partial charge in [-0.05, 0) is 13.8 Å². The monoisotopic (exact) mass is 211 g/mol. The number of hydrogen-bond acceptors (Lipinski definition) is 4. The summed E-state index contributed by atoms with van der Waals surface area (Å²) in [5.41, 5.74) is -2.40. The molecule has 0 radical (unpaired) electrons. The Morgan fingerprint density at radius 3 is 2.00 bits per heavy atom. The Hall–Kier alpha value is -2.18. The van der Waals surface area contributed by atoms with Gasteiger partial charge in [0, 0.05) is 6.08 Å². The fourth-order valence-corrected chi connectivity index (χ4v) is 0.941. The summed E-state index contributed by atoms with van der Waals surface area (Å²) in [7, 11) is 0. The number of aromatic amines is 2. The second-order valence-corrected chi connectivity index (χ2v) is 3.08. The fraction of sp³-hybridized carbons (Fsp3) is 0.250. The van der Waals surface area contributed by atoms with Gasteiger partial charge in [0.1, 0.15) is 0 Å².